The summed E-state index contributed by atoms with van der Waals surface area (Å²) < 4.78 is 0. The fourth-order valence-corrected chi connectivity index (χ4v) is 1.73. The van der Waals surface area contributed by atoms with Crippen LogP contribution >= 0.6 is 0 Å². The number of fused-ring (bicyclic) bond motifs is 1. The molecular weight excluding hydrogens is 192 g/mol. The van der Waals surface area contributed by atoms with E-state index >= 15 is 0 Å². The largest absolute Gasteiger partial charge is 0.481 e. The zero-order chi connectivity index (χ0) is 11.0. The van der Waals surface area contributed by atoms with Gasteiger partial charge in [-0.15, -0.1) is 0 Å². The molecule has 0 aliphatic carbocycles. The molecule has 0 fully saturated rings. The summed E-state index contributed by atoms with van der Waals surface area (Å²) in [4.78, 5) is 13.7. The second-order valence-electron chi connectivity index (χ2n) is 3.60. The van der Waals surface area contributed by atoms with Crippen LogP contribution in [0.4, 0.5) is 5.69 Å². The summed E-state index contributed by atoms with van der Waals surface area (Å²) in [5.74, 6) is -0.836. The van der Waals surface area contributed by atoms with E-state index in [4.69, 9.17) is 10.8 Å². The number of aromatic nitrogens is 1. The van der Waals surface area contributed by atoms with E-state index in [1.54, 1.807) is 6.07 Å². The number of rotatable bonds is 2. The highest BCUT2D eigenvalue weighted by Crippen LogP contribution is 2.23. The van der Waals surface area contributed by atoms with Gasteiger partial charge < -0.3 is 15.8 Å². The molecule has 1 aromatic heterocycles. The van der Waals surface area contributed by atoms with Gasteiger partial charge >= 0.3 is 5.97 Å². The molecule has 15 heavy (non-hydrogen) atoms. The van der Waals surface area contributed by atoms with Crippen LogP contribution in [0.3, 0.4) is 0 Å². The Balaban J connectivity index is 2.59. The Hall–Kier alpha value is -1.97. The summed E-state index contributed by atoms with van der Waals surface area (Å²) in [7, 11) is 0. The van der Waals surface area contributed by atoms with Gasteiger partial charge in [-0.3, -0.25) is 4.79 Å². The Labute approximate surface area is 86.7 Å². The molecule has 0 saturated heterocycles. The van der Waals surface area contributed by atoms with Crippen LogP contribution in [0.15, 0.2) is 18.2 Å². The number of nitrogens with one attached hydrogen (secondary N) is 1. The predicted octanol–water partition coefficient (Wildman–Crippen LogP) is 1.69. The maximum absolute atomic E-state index is 10.6. The van der Waals surface area contributed by atoms with Crippen LogP contribution in [0.5, 0.6) is 0 Å². The van der Waals surface area contributed by atoms with Crippen molar-refractivity contribution < 1.29 is 9.90 Å². The molecule has 0 atom stereocenters. The van der Waals surface area contributed by atoms with Crippen LogP contribution in [-0.4, -0.2) is 16.1 Å². The second kappa shape index (κ2) is 3.31. The van der Waals surface area contributed by atoms with Crippen LogP contribution in [0.2, 0.25) is 0 Å². The third-order valence-electron chi connectivity index (χ3n) is 2.51. The smallest absolute Gasteiger partial charge is 0.309 e. The van der Waals surface area contributed by atoms with Crippen LogP contribution in [-0.2, 0) is 11.2 Å². The molecule has 0 amide bonds. The molecule has 78 valence electrons. The van der Waals surface area contributed by atoms with Crippen LogP contribution in [0, 0.1) is 6.92 Å². The number of anilines is 1. The fourth-order valence-electron chi connectivity index (χ4n) is 1.73. The van der Waals surface area contributed by atoms with E-state index in [1.807, 2.05) is 19.1 Å². The van der Waals surface area contributed by atoms with Crippen LogP contribution < -0.4 is 5.73 Å². The molecule has 1 aromatic carbocycles. The van der Waals surface area contributed by atoms with Gasteiger partial charge in [0.25, 0.3) is 0 Å². The molecule has 2 rings (SSSR count). The second-order valence-corrected chi connectivity index (χ2v) is 3.60. The highest BCUT2D eigenvalue weighted by atomic mass is 16.4. The van der Waals surface area contributed by atoms with E-state index in [-0.39, 0.29) is 6.42 Å². The van der Waals surface area contributed by atoms with E-state index in [9.17, 15) is 4.79 Å². The van der Waals surface area contributed by atoms with Crippen molar-refractivity contribution in [1.29, 1.82) is 0 Å². The molecular formula is C11H12N2O2. The summed E-state index contributed by atoms with van der Waals surface area (Å²) >= 11 is 0. The summed E-state index contributed by atoms with van der Waals surface area (Å²) in [5, 5.41) is 9.72. The Kier molecular flexibility index (Phi) is 2.11. The number of hydrogen-bond acceptors (Lipinski definition) is 2. The lowest BCUT2D eigenvalue weighted by molar-refractivity contribution is -0.136. The third-order valence-corrected chi connectivity index (χ3v) is 2.51. The van der Waals surface area contributed by atoms with Crippen LogP contribution in [0.25, 0.3) is 10.9 Å². The first-order valence-electron chi connectivity index (χ1n) is 4.66. The van der Waals surface area contributed by atoms with E-state index in [2.05, 4.69) is 4.98 Å². The third kappa shape index (κ3) is 1.66. The van der Waals surface area contributed by atoms with Gasteiger partial charge in [0.05, 0.1) is 6.42 Å². The molecule has 0 bridgehead atoms. The highest BCUT2D eigenvalue weighted by Gasteiger charge is 2.10. The first-order chi connectivity index (χ1) is 7.08. The molecule has 2 aromatic rings. The van der Waals surface area contributed by atoms with E-state index in [0.717, 1.165) is 22.2 Å². The van der Waals surface area contributed by atoms with E-state index in [1.165, 1.54) is 0 Å². The number of carbonyl (C=O) groups is 1. The van der Waals surface area contributed by atoms with Crippen molar-refractivity contribution in [2.45, 2.75) is 13.3 Å². The molecule has 1 heterocycles. The van der Waals surface area contributed by atoms with Crippen molar-refractivity contribution in [3.63, 3.8) is 0 Å². The average molecular weight is 204 g/mol. The minimum absolute atomic E-state index is 0.0143. The fraction of sp³-hybridized carbons (Fsp3) is 0.182. The number of nitrogens with two attached hydrogens (primary N) is 1. The average Bonchev–Trinajstić information content (AvgIpc) is 2.44. The standard InChI is InChI=1S/C11H12N2O2/c1-6-8-4-7(12)2-3-9(8)13-10(6)5-11(14)15/h2-4,13H,5,12H2,1H3,(H,14,15). The van der Waals surface area contributed by atoms with E-state index in [0.29, 0.717) is 5.69 Å². The zero-order valence-electron chi connectivity index (χ0n) is 8.37. The van der Waals surface area contributed by atoms with Crippen molar-refractivity contribution >= 4 is 22.6 Å². The monoisotopic (exact) mass is 204 g/mol. The van der Waals surface area contributed by atoms with Gasteiger partial charge in [-0.2, -0.15) is 0 Å². The lowest BCUT2D eigenvalue weighted by atomic mass is 10.1. The van der Waals surface area contributed by atoms with Gasteiger partial charge in [0.1, 0.15) is 0 Å². The van der Waals surface area contributed by atoms with Crippen molar-refractivity contribution in [3.05, 3.63) is 29.5 Å². The number of carboxylic acids is 1. The molecule has 4 nitrogen and oxygen atoms in total. The van der Waals surface area contributed by atoms with E-state index < -0.39 is 5.97 Å². The molecule has 4 heteroatoms. The lowest BCUT2D eigenvalue weighted by Crippen LogP contribution is -2.01. The van der Waals surface area contributed by atoms with Crippen molar-refractivity contribution in [3.8, 4) is 0 Å². The highest BCUT2D eigenvalue weighted by molar-refractivity contribution is 5.88. The number of aryl methyl sites for hydroxylation is 1. The van der Waals surface area contributed by atoms with Gasteiger partial charge in [0, 0.05) is 22.3 Å². The Morgan fingerprint density at radius 1 is 1.53 bits per heavy atom. The predicted molar refractivity (Wildman–Crippen MR) is 58.8 cm³/mol. The van der Waals surface area contributed by atoms with Gasteiger partial charge in [0.2, 0.25) is 0 Å². The van der Waals surface area contributed by atoms with Gasteiger partial charge in [-0.05, 0) is 30.7 Å². The molecule has 0 spiro atoms. The zero-order valence-corrected chi connectivity index (χ0v) is 8.37. The van der Waals surface area contributed by atoms with Crippen molar-refractivity contribution in [2.75, 3.05) is 5.73 Å². The number of nitrogen functional groups attached to an aromatic ring is 1. The Bertz CT molecular complexity index is 529. The SMILES string of the molecule is Cc1c(CC(=O)O)[nH]c2ccc(N)cc12. The first kappa shape index (κ1) is 9.58. The number of benzene rings is 1. The van der Waals surface area contributed by atoms with Crippen molar-refractivity contribution in [2.24, 2.45) is 0 Å². The lowest BCUT2D eigenvalue weighted by Gasteiger charge is -1.95. The molecule has 0 aliphatic heterocycles. The quantitative estimate of drug-likeness (QED) is 0.651. The number of H-pyrrole nitrogens is 1. The Morgan fingerprint density at radius 2 is 2.27 bits per heavy atom. The molecule has 0 unspecified atom stereocenters. The van der Waals surface area contributed by atoms with Gasteiger partial charge in [-0.25, -0.2) is 0 Å². The molecule has 0 aliphatic rings. The van der Waals surface area contributed by atoms with Gasteiger partial charge in [-0.1, -0.05) is 0 Å². The minimum atomic E-state index is -0.836. The molecule has 0 saturated carbocycles. The molecule has 4 N–H and O–H groups in total. The number of aliphatic carboxylic acids is 1. The topological polar surface area (TPSA) is 79.1 Å². The number of hydrogen-bond donors (Lipinski definition) is 3. The normalized spacial score (nSPS) is 10.7. The summed E-state index contributed by atoms with van der Waals surface area (Å²) in [6.45, 7) is 1.90. The maximum atomic E-state index is 10.6. The minimum Gasteiger partial charge on any atom is -0.481 e. The number of aromatic amines is 1. The number of carboxylic acid groups (broad SMARTS) is 1. The van der Waals surface area contributed by atoms with Crippen LogP contribution in [0.1, 0.15) is 11.3 Å². The van der Waals surface area contributed by atoms with Gasteiger partial charge in [0.15, 0.2) is 0 Å². The summed E-state index contributed by atoms with van der Waals surface area (Å²) in [5.41, 5.74) is 8.99. The Morgan fingerprint density at radius 3 is 2.93 bits per heavy atom. The molecule has 0 radical (unpaired) electrons. The summed E-state index contributed by atoms with van der Waals surface area (Å²) in [6.07, 6.45) is 0.0143. The first-order valence-corrected chi connectivity index (χ1v) is 4.66. The summed E-state index contributed by atoms with van der Waals surface area (Å²) in [6, 6.07) is 5.51. The van der Waals surface area contributed by atoms with Crippen molar-refractivity contribution in [1.82, 2.24) is 4.98 Å². The maximum Gasteiger partial charge on any atom is 0.309 e.